The lowest BCUT2D eigenvalue weighted by molar-refractivity contribution is -0.0501. The van der Waals surface area contributed by atoms with Gasteiger partial charge < -0.3 is 9.50 Å². The number of pyridine rings is 1. The average Bonchev–Trinajstić information content (AvgIpc) is 3.19. The zero-order valence-corrected chi connectivity index (χ0v) is 15.0. The lowest BCUT2D eigenvalue weighted by Crippen LogP contribution is -2.30. The van der Waals surface area contributed by atoms with Crippen LogP contribution in [-0.4, -0.2) is 25.0 Å². The van der Waals surface area contributed by atoms with Gasteiger partial charge in [-0.2, -0.15) is 21.6 Å². The second-order valence-corrected chi connectivity index (χ2v) is 9.09. The highest BCUT2D eigenvalue weighted by atomic mass is 32.2. The maximum atomic E-state index is 12.6. The van der Waals surface area contributed by atoms with Crippen LogP contribution in [0.25, 0.3) is 0 Å². The van der Waals surface area contributed by atoms with Crippen LogP contribution in [0.1, 0.15) is 49.7 Å². The van der Waals surface area contributed by atoms with Gasteiger partial charge in [0.05, 0.1) is 11.9 Å². The van der Waals surface area contributed by atoms with Crippen LogP contribution >= 0.6 is 0 Å². The number of rotatable bonds is 4. The van der Waals surface area contributed by atoms with Gasteiger partial charge in [-0.15, -0.1) is 0 Å². The molecule has 0 amide bonds. The predicted molar refractivity (Wildman–Crippen MR) is 89.3 cm³/mol. The Labute approximate surface area is 150 Å². The predicted octanol–water partition coefficient (Wildman–Crippen LogP) is 3.79. The summed E-state index contributed by atoms with van der Waals surface area (Å²) in [6, 6.07) is 0.368. The molecule has 1 heterocycles. The van der Waals surface area contributed by atoms with Gasteiger partial charge in [0.15, 0.2) is 0 Å². The van der Waals surface area contributed by atoms with E-state index in [-0.39, 0.29) is 0 Å². The van der Waals surface area contributed by atoms with Gasteiger partial charge in [0.2, 0.25) is 5.88 Å². The van der Waals surface area contributed by atoms with Crippen molar-refractivity contribution in [3.63, 3.8) is 0 Å². The molecule has 0 unspecified atom stereocenters. The van der Waals surface area contributed by atoms with Crippen LogP contribution < -0.4 is 9.50 Å². The molecular weight excluding hydrogens is 369 g/mol. The lowest BCUT2D eigenvalue weighted by Gasteiger charge is -2.28. The van der Waals surface area contributed by atoms with Gasteiger partial charge in [-0.05, 0) is 62.3 Å². The summed E-state index contributed by atoms with van der Waals surface area (Å²) in [4.78, 5) is 3.93. The maximum absolute atomic E-state index is 12.6. The molecule has 2 fully saturated rings. The van der Waals surface area contributed by atoms with Gasteiger partial charge >= 0.3 is 15.6 Å². The van der Waals surface area contributed by atoms with Gasteiger partial charge in [0.25, 0.3) is 0 Å². The highest BCUT2D eigenvalue weighted by Crippen LogP contribution is 2.46. The van der Waals surface area contributed by atoms with Crippen molar-refractivity contribution in [3.8, 4) is 5.88 Å². The summed E-state index contributed by atoms with van der Waals surface area (Å²) in [6.45, 7) is 0. The minimum Gasteiger partial charge on any atom is -0.381 e. The van der Waals surface area contributed by atoms with E-state index < -0.39 is 21.5 Å². The zero-order chi connectivity index (χ0) is 18.5. The average molecular weight is 390 g/mol. The number of anilines is 1. The molecule has 2 saturated carbocycles. The molecule has 0 radical (unpaired) electrons. The summed E-state index contributed by atoms with van der Waals surface area (Å²) in [5, 5.41) is 3.53. The molecule has 4 rings (SSSR count). The summed E-state index contributed by atoms with van der Waals surface area (Å²) in [5.41, 5.74) is -3.32. The topological polar surface area (TPSA) is 68.3 Å². The first-order chi connectivity index (χ1) is 12.2. The Hall–Kier alpha value is -1.51. The van der Waals surface area contributed by atoms with Crippen molar-refractivity contribution in [1.29, 1.82) is 0 Å². The van der Waals surface area contributed by atoms with Crippen molar-refractivity contribution in [3.05, 3.63) is 17.3 Å². The van der Waals surface area contributed by atoms with Gasteiger partial charge in [-0.1, -0.05) is 6.42 Å². The Morgan fingerprint density at radius 1 is 1.12 bits per heavy atom. The third-order valence-electron chi connectivity index (χ3n) is 5.91. The molecule has 2 bridgehead atoms. The van der Waals surface area contributed by atoms with Crippen LogP contribution in [0.5, 0.6) is 5.88 Å². The smallest absolute Gasteiger partial charge is 0.381 e. The van der Waals surface area contributed by atoms with Gasteiger partial charge in [0, 0.05) is 11.6 Å². The number of aromatic nitrogens is 1. The minimum absolute atomic E-state index is 0.368. The molecule has 0 aliphatic heterocycles. The van der Waals surface area contributed by atoms with E-state index in [1.165, 1.54) is 25.5 Å². The lowest BCUT2D eigenvalue weighted by atomic mass is 9.90. The molecule has 1 N–H and O–H groups in total. The van der Waals surface area contributed by atoms with Crippen molar-refractivity contribution in [2.24, 2.45) is 11.8 Å². The Kier molecular flexibility index (Phi) is 4.32. The number of hydrogen-bond acceptors (Lipinski definition) is 5. The number of hydrogen-bond donors (Lipinski definition) is 1. The van der Waals surface area contributed by atoms with Gasteiger partial charge in [-0.3, -0.25) is 0 Å². The maximum Gasteiger partial charge on any atom is 0.534 e. The molecule has 3 aliphatic carbocycles. The fourth-order valence-corrected chi connectivity index (χ4v) is 5.13. The third kappa shape index (κ3) is 3.14. The molecule has 3 atom stereocenters. The summed E-state index contributed by atoms with van der Waals surface area (Å²) in [5.74, 6) is 0.970. The highest BCUT2D eigenvalue weighted by molar-refractivity contribution is 7.87. The van der Waals surface area contributed by atoms with E-state index >= 15 is 0 Å². The van der Waals surface area contributed by atoms with Crippen LogP contribution in [0.2, 0.25) is 0 Å². The quantitative estimate of drug-likeness (QED) is 0.626. The van der Waals surface area contributed by atoms with E-state index in [2.05, 4.69) is 14.5 Å². The molecule has 1 aromatic heterocycles. The van der Waals surface area contributed by atoms with Gasteiger partial charge in [-0.25, -0.2) is 4.98 Å². The zero-order valence-electron chi connectivity index (χ0n) is 14.2. The van der Waals surface area contributed by atoms with E-state index in [1.54, 1.807) is 0 Å². The first-order valence-electron chi connectivity index (χ1n) is 9.02. The molecule has 0 aromatic carbocycles. The Balaban J connectivity index is 1.62. The standard InChI is InChI=1S/C17H21F3N2O3S/c18-17(19,20)26(23,24)25-16-13-4-2-1-3-12(13)15(9-21-16)22-14-8-10-5-6-11(14)7-10/h9-11,14,22H,1-8H2/t10-,11+,14+/m0/s1. The Morgan fingerprint density at radius 3 is 2.46 bits per heavy atom. The highest BCUT2D eigenvalue weighted by Gasteiger charge is 2.49. The number of nitrogens with zero attached hydrogens (tertiary/aromatic N) is 1. The van der Waals surface area contributed by atoms with Gasteiger partial charge in [0.1, 0.15) is 0 Å². The first-order valence-corrected chi connectivity index (χ1v) is 10.4. The largest absolute Gasteiger partial charge is 0.534 e. The fourth-order valence-electron chi connectivity index (χ4n) is 4.69. The summed E-state index contributed by atoms with van der Waals surface area (Å²) in [6.07, 6.45) is 9.10. The molecule has 144 valence electrons. The van der Waals surface area contributed by atoms with Crippen LogP contribution in [0.4, 0.5) is 18.9 Å². The number of halogens is 3. The van der Waals surface area contributed by atoms with Crippen LogP contribution in [0.15, 0.2) is 6.20 Å². The van der Waals surface area contributed by atoms with E-state index in [9.17, 15) is 21.6 Å². The number of fused-ring (bicyclic) bond motifs is 3. The summed E-state index contributed by atoms with van der Waals surface area (Å²) in [7, 11) is -5.71. The molecule has 0 spiro atoms. The van der Waals surface area contributed by atoms with E-state index in [0.717, 1.165) is 36.4 Å². The monoisotopic (exact) mass is 390 g/mol. The first kappa shape index (κ1) is 17.9. The summed E-state index contributed by atoms with van der Waals surface area (Å²) < 4.78 is 65.0. The van der Waals surface area contributed by atoms with E-state index in [0.29, 0.717) is 30.4 Å². The second kappa shape index (κ2) is 6.28. The SMILES string of the molecule is O=S(=O)(Oc1ncc(N[C@@H]2C[C@H]3CC[C@@H]2C3)c2c1CCCC2)C(F)(F)F. The van der Waals surface area contributed by atoms with Crippen LogP contribution in [0.3, 0.4) is 0 Å². The molecular formula is C17H21F3N2O3S. The molecule has 1 aromatic rings. The van der Waals surface area contributed by atoms with Crippen molar-refractivity contribution in [2.75, 3.05) is 5.32 Å². The van der Waals surface area contributed by atoms with E-state index in [1.807, 2.05) is 0 Å². The molecule has 3 aliphatic rings. The third-order valence-corrected chi connectivity index (χ3v) is 6.86. The molecule has 9 heteroatoms. The van der Waals surface area contributed by atoms with Crippen LogP contribution in [0, 0.1) is 11.8 Å². The van der Waals surface area contributed by atoms with Crippen molar-refractivity contribution >= 4 is 15.8 Å². The van der Waals surface area contributed by atoms with E-state index in [4.69, 9.17) is 0 Å². The van der Waals surface area contributed by atoms with Crippen LogP contribution in [-0.2, 0) is 23.0 Å². The Bertz CT molecular complexity index is 810. The second-order valence-electron chi connectivity index (χ2n) is 7.55. The van der Waals surface area contributed by atoms with Crippen molar-refractivity contribution < 1.29 is 25.8 Å². The molecule has 5 nitrogen and oxygen atoms in total. The molecule has 0 saturated heterocycles. The fraction of sp³-hybridized carbons (Fsp3) is 0.706. The Morgan fingerprint density at radius 2 is 1.85 bits per heavy atom. The van der Waals surface area contributed by atoms with Crippen molar-refractivity contribution in [1.82, 2.24) is 4.98 Å². The molecule has 26 heavy (non-hydrogen) atoms. The number of nitrogens with one attached hydrogen (secondary N) is 1. The minimum atomic E-state index is -5.71. The summed E-state index contributed by atoms with van der Waals surface area (Å²) >= 11 is 0. The number of alkyl halides is 3. The van der Waals surface area contributed by atoms with Crippen molar-refractivity contribution in [2.45, 2.75) is 62.9 Å². The normalized spacial score (nSPS) is 28.0.